The number of hydrogen-bond acceptors (Lipinski definition) is 6. The zero-order chi connectivity index (χ0) is 26.2. The van der Waals surface area contributed by atoms with Gasteiger partial charge in [0.2, 0.25) is 5.88 Å². The van der Waals surface area contributed by atoms with Crippen molar-refractivity contribution in [1.29, 1.82) is 0 Å². The maximum Gasteiger partial charge on any atom is 0.345 e. The number of ether oxygens (including phenoxy) is 2. The molecule has 1 aromatic heterocycles. The summed E-state index contributed by atoms with van der Waals surface area (Å²) < 4.78 is 37.3. The van der Waals surface area contributed by atoms with Gasteiger partial charge in [0.05, 0.1) is 12.2 Å². The number of hydrogen-bond donors (Lipinski definition) is 2. The van der Waals surface area contributed by atoms with Gasteiger partial charge in [-0.15, -0.1) is 0 Å². The minimum absolute atomic E-state index is 0.0605. The van der Waals surface area contributed by atoms with E-state index in [9.17, 15) is 23.5 Å². The van der Waals surface area contributed by atoms with Crippen LogP contribution in [0, 0.1) is 23.7 Å². The van der Waals surface area contributed by atoms with E-state index in [1.165, 1.54) is 0 Å². The molecule has 37 heavy (non-hydrogen) atoms. The molecule has 3 atom stereocenters. The lowest BCUT2D eigenvalue weighted by Crippen LogP contribution is -2.62. The van der Waals surface area contributed by atoms with Gasteiger partial charge in [0.25, 0.3) is 5.91 Å². The molecule has 2 N–H and O–H groups in total. The lowest BCUT2D eigenvalue weighted by atomic mass is 9.52. The summed E-state index contributed by atoms with van der Waals surface area (Å²) in [5, 5.41) is 12.4. The van der Waals surface area contributed by atoms with Gasteiger partial charge in [0, 0.05) is 25.6 Å². The van der Waals surface area contributed by atoms with Crippen molar-refractivity contribution in [1.82, 2.24) is 10.3 Å². The second-order valence-corrected chi connectivity index (χ2v) is 11.5. The number of nitrogens with zero attached hydrogens (tertiary/aromatic N) is 2. The van der Waals surface area contributed by atoms with E-state index in [-0.39, 0.29) is 42.0 Å². The molecule has 204 valence electrons. The van der Waals surface area contributed by atoms with Crippen LogP contribution >= 0.6 is 0 Å². The number of carbonyl (C=O) groups is 2. The van der Waals surface area contributed by atoms with Crippen LogP contribution < -0.4 is 15.0 Å². The van der Waals surface area contributed by atoms with Crippen LogP contribution in [0.3, 0.4) is 0 Å². The number of carboxylic acids is 1. The van der Waals surface area contributed by atoms with Crippen LogP contribution in [0.25, 0.3) is 0 Å². The van der Waals surface area contributed by atoms with Crippen LogP contribution in [0.1, 0.15) is 75.1 Å². The first-order valence-electron chi connectivity index (χ1n) is 13.6. The van der Waals surface area contributed by atoms with Crippen LogP contribution in [-0.2, 0) is 9.53 Å². The average molecular weight is 522 g/mol. The van der Waals surface area contributed by atoms with E-state index >= 15 is 0 Å². The number of aliphatic carboxylic acids is 1. The van der Waals surface area contributed by atoms with Crippen LogP contribution in [0.15, 0.2) is 12.1 Å². The third kappa shape index (κ3) is 5.68. The van der Waals surface area contributed by atoms with Gasteiger partial charge in [-0.25, -0.2) is 0 Å². The number of nitrogens with one attached hydrogen (secondary N) is 1. The second-order valence-electron chi connectivity index (χ2n) is 11.5. The summed E-state index contributed by atoms with van der Waals surface area (Å²) in [7, 11) is 0. The van der Waals surface area contributed by atoms with Crippen molar-refractivity contribution in [2.75, 3.05) is 24.6 Å². The van der Waals surface area contributed by atoms with Gasteiger partial charge in [0.1, 0.15) is 11.4 Å². The maximum atomic E-state index is 13.5. The van der Waals surface area contributed by atoms with Crippen molar-refractivity contribution in [2.45, 2.75) is 83.0 Å². The van der Waals surface area contributed by atoms with E-state index in [1.54, 1.807) is 12.1 Å². The van der Waals surface area contributed by atoms with Crippen molar-refractivity contribution >= 4 is 17.7 Å². The average Bonchev–Trinajstić information content (AvgIpc) is 2.83. The highest BCUT2D eigenvalue weighted by molar-refractivity contribution is 5.97. The van der Waals surface area contributed by atoms with Crippen molar-refractivity contribution in [3.63, 3.8) is 0 Å². The third-order valence-electron chi connectivity index (χ3n) is 8.69. The molecule has 0 spiro atoms. The molecular weight excluding hydrogens is 484 g/mol. The van der Waals surface area contributed by atoms with Gasteiger partial charge in [-0.3, -0.25) is 9.59 Å². The molecule has 10 heteroatoms. The van der Waals surface area contributed by atoms with Gasteiger partial charge >= 0.3 is 12.6 Å². The quantitative estimate of drug-likeness (QED) is 0.468. The minimum Gasteiger partial charge on any atom is -0.481 e. The molecular formula is C27H37F2N3O5. The van der Waals surface area contributed by atoms with Gasteiger partial charge < -0.3 is 24.8 Å². The molecule has 2 unspecified atom stereocenters. The Labute approximate surface area is 216 Å². The zero-order valence-corrected chi connectivity index (χ0v) is 21.3. The van der Waals surface area contributed by atoms with Crippen molar-refractivity contribution in [3.05, 3.63) is 17.7 Å². The van der Waals surface area contributed by atoms with Crippen LogP contribution in [0.4, 0.5) is 14.6 Å². The number of carboxylic acid groups (broad SMARTS) is 1. The Hall–Kier alpha value is -2.49. The molecule has 8 nitrogen and oxygen atoms in total. The molecule has 5 fully saturated rings. The summed E-state index contributed by atoms with van der Waals surface area (Å²) in [4.78, 5) is 31.4. The minimum atomic E-state index is -2.77. The summed E-state index contributed by atoms with van der Waals surface area (Å²) in [5.41, 5.74) is -0.388. The van der Waals surface area contributed by atoms with E-state index in [0.29, 0.717) is 49.7 Å². The molecule has 4 saturated carbocycles. The van der Waals surface area contributed by atoms with Gasteiger partial charge in [0.15, 0.2) is 0 Å². The molecule has 0 aromatic carbocycles. The lowest BCUT2D eigenvalue weighted by Gasteiger charge is -2.59. The number of halogens is 2. The van der Waals surface area contributed by atoms with Crippen LogP contribution in [0.2, 0.25) is 0 Å². The third-order valence-corrected chi connectivity index (χ3v) is 8.69. The number of piperidine rings is 1. The van der Waals surface area contributed by atoms with Gasteiger partial charge in [-0.05, 0) is 87.2 Å². The summed E-state index contributed by atoms with van der Waals surface area (Å²) in [6.07, 6.45) is 6.30. The van der Waals surface area contributed by atoms with E-state index in [2.05, 4.69) is 15.2 Å². The molecule has 1 amide bonds. The largest absolute Gasteiger partial charge is 0.481 e. The first-order chi connectivity index (χ1) is 17.7. The number of aromatic nitrogens is 1. The van der Waals surface area contributed by atoms with Gasteiger partial charge in [-0.1, -0.05) is 6.92 Å². The molecule has 1 aliphatic heterocycles. The fourth-order valence-electron chi connectivity index (χ4n) is 7.52. The molecule has 1 aromatic rings. The standard InChI is InChI=1S/C27H37F2N3O5/c1-2-8-36-25-20(5-6-21(30-25)32-7-3-4-16(15-32)11-22(33)34)24(35)31-23-18-9-17-10-19(23)14-27(12-17,13-18)37-26(28)29/h5-6,16-19,23,26H,2-4,7-15H2,1H3,(H,31,35)(H,33,34)/t16-,17?,18?,19?,23?,27?/m0/s1. The molecule has 2 heterocycles. The van der Waals surface area contributed by atoms with Crippen molar-refractivity contribution in [3.8, 4) is 5.88 Å². The van der Waals surface area contributed by atoms with E-state index in [1.807, 2.05) is 6.92 Å². The predicted molar refractivity (Wildman–Crippen MR) is 132 cm³/mol. The Morgan fingerprint density at radius 1 is 1.24 bits per heavy atom. The van der Waals surface area contributed by atoms with E-state index in [4.69, 9.17) is 9.47 Å². The fourth-order valence-corrected chi connectivity index (χ4v) is 7.52. The lowest BCUT2D eigenvalue weighted by molar-refractivity contribution is -0.260. The number of rotatable bonds is 10. The van der Waals surface area contributed by atoms with Crippen LogP contribution in [-0.4, -0.2) is 59.9 Å². The molecule has 6 rings (SSSR count). The summed E-state index contributed by atoms with van der Waals surface area (Å²) in [6, 6.07) is 3.47. The van der Waals surface area contributed by atoms with Crippen LogP contribution in [0.5, 0.6) is 5.88 Å². The molecule has 4 aliphatic carbocycles. The fraction of sp³-hybridized carbons (Fsp3) is 0.741. The highest BCUT2D eigenvalue weighted by atomic mass is 19.3. The second kappa shape index (κ2) is 10.7. The molecule has 4 bridgehead atoms. The van der Waals surface area contributed by atoms with E-state index < -0.39 is 18.2 Å². The predicted octanol–water partition coefficient (Wildman–Crippen LogP) is 4.48. The number of alkyl halides is 2. The maximum absolute atomic E-state index is 13.5. The Morgan fingerprint density at radius 2 is 2.00 bits per heavy atom. The van der Waals surface area contributed by atoms with Crippen molar-refractivity contribution in [2.24, 2.45) is 23.7 Å². The topological polar surface area (TPSA) is 101 Å². The first-order valence-corrected chi connectivity index (χ1v) is 13.6. The van der Waals surface area contributed by atoms with Crippen molar-refractivity contribution < 1.29 is 33.0 Å². The molecule has 1 saturated heterocycles. The van der Waals surface area contributed by atoms with E-state index in [0.717, 1.165) is 38.6 Å². The Bertz CT molecular complexity index is 988. The highest BCUT2D eigenvalue weighted by Gasteiger charge is 2.57. The smallest absolute Gasteiger partial charge is 0.345 e. The summed E-state index contributed by atoms with van der Waals surface area (Å²) >= 11 is 0. The normalized spacial score (nSPS) is 32.5. The SMILES string of the molecule is CCCOc1nc(N2CCC[C@@H](CC(=O)O)C2)ccc1C(=O)NC1C2CC3CC1CC(OC(F)F)(C3)C2. The monoisotopic (exact) mass is 521 g/mol. The Kier molecular flexibility index (Phi) is 7.56. The highest BCUT2D eigenvalue weighted by Crippen LogP contribution is 2.57. The molecule has 5 aliphatic rings. The zero-order valence-electron chi connectivity index (χ0n) is 21.3. The Balaban J connectivity index is 1.31. The Morgan fingerprint density at radius 3 is 2.68 bits per heavy atom. The number of anilines is 1. The first kappa shape index (κ1) is 26.1. The number of pyridine rings is 1. The molecule has 0 radical (unpaired) electrons. The summed E-state index contributed by atoms with van der Waals surface area (Å²) in [5.74, 6) is 0.594. The summed E-state index contributed by atoms with van der Waals surface area (Å²) in [6.45, 7) is 1.01. The number of carbonyl (C=O) groups excluding carboxylic acids is 1. The number of amides is 1. The van der Waals surface area contributed by atoms with Gasteiger partial charge in [-0.2, -0.15) is 13.8 Å².